The SMILES string of the molecule is CCC(CC)C(=O)Nc1cnn(Cc2cnn(CC)c2C)c1. The zero-order valence-electron chi connectivity index (χ0n) is 13.8. The average Bonchev–Trinajstić information content (AvgIpc) is 3.08. The molecule has 120 valence electrons. The predicted molar refractivity (Wildman–Crippen MR) is 86.7 cm³/mol. The van der Waals surface area contributed by atoms with Gasteiger partial charge in [-0.2, -0.15) is 10.2 Å². The normalized spacial score (nSPS) is 11.1. The van der Waals surface area contributed by atoms with Crippen LogP contribution < -0.4 is 5.32 Å². The molecule has 0 bridgehead atoms. The molecule has 0 atom stereocenters. The molecule has 22 heavy (non-hydrogen) atoms. The Labute approximate surface area is 131 Å². The molecule has 0 aliphatic heterocycles. The van der Waals surface area contributed by atoms with Gasteiger partial charge < -0.3 is 5.32 Å². The first-order chi connectivity index (χ1) is 10.6. The highest BCUT2D eigenvalue weighted by atomic mass is 16.1. The van der Waals surface area contributed by atoms with Crippen LogP contribution in [-0.2, 0) is 17.9 Å². The third-order valence-electron chi connectivity index (χ3n) is 4.09. The highest BCUT2D eigenvalue weighted by Gasteiger charge is 2.15. The summed E-state index contributed by atoms with van der Waals surface area (Å²) in [7, 11) is 0. The molecule has 0 spiro atoms. The van der Waals surface area contributed by atoms with Gasteiger partial charge in [-0.05, 0) is 26.7 Å². The minimum absolute atomic E-state index is 0.0633. The number of hydrogen-bond acceptors (Lipinski definition) is 3. The van der Waals surface area contributed by atoms with Crippen LogP contribution in [0.3, 0.4) is 0 Å². The molecule has 2 rings (SSSR count). The van der Waals surface area contributed by atoms with Crippen LogP contribution in [0.15, 0.2) is 18.6 Å². The van der Waals surface area contributed by atoms with E-state index >= 15 is 0 Å². The molecule has 0 saturated carbocycles. The Kier molecular flexibility index (Phi) is 5.35. The number of amides is 1. The summed E-state index contributed by atoms with van der Waals surface area (Å²) in [6.45, 7) is 9.72. The molecule has 1 N–H and O–H groups in total. The molecule has 1 amide bonds. The zero-order chi connectivity index (χ0) is 16.1. The minimum atomic E-state index is 0.0633. The first-order valence-corrected chi connectivity index (χ1v) is 7.93. The van der Waals surface area contributed by atoms with Crippen molar-refractivity contribution < 1.29 is 4.79 Å². The molecule has 6 nitrogen and oxygen atoms in total. The first-order valence-electron chi connectivity index (χ1n) is 7.93. The molecule has 2 aromatic rings. The Morgan fingerprint density at radius 3 is 2.55 bits per heavy atom. The van der Waals surface area contributed by atoms with Crippen LogP contribution in [0.1, 0.15) is 44.9 Å². The summed E-state index contributed by atoms with van der Waals surface area (Å²) in [5, 5.41) is 11.6. The molecule has 0 unspecified atom stereocenters. The first kappa shape index (κ1) is 16.3. The van der Waals surface area contributed by atoms with E-state index in [2.05, 4.69) is 29.4 Å². The Bertz CT molecular complexity index is 624. The fourth-order valence-corrected chi connectivity index (χ4v) is 2.55. The average molecular weight is 303 g/mol. The van der Waals surface area contributed by atoms with Gasteiger partial charge in [0.1, 0.15) is 0 Å². The predicted octanol–water partition coefficient (Wildman–Crippen LogP) is 2.83. The number of anilines is 1. The third-order valence-corrected chi connectivity index (χ3v) is 4.09. The summed E-state index contributed by atoms with van der Waals surface area (Å²) in [5.74, 6) is 0.132. The third kappa shape index (κ3) is 3.55. The van der Waals surface area contributed by atoms with Gasteiger partial charge in [0.15, 0.2) is 0 Å². The van der Waals surface area contributed by atoms with Crippen LogP contribution in [0.2, 0.25) is 0 Å². The Balaban J connectivity index is 2.02. The largest absolute Gasteiger partial charge is 0.323 e. The second kappa shape index (κ2) is 7.24. The molecule has 0 aromatic carbocycles. The number of hydrogen-bond donors (Lipinski definition) is 1. The molecule has 2 aromatic heterocycles. The fraction of sp³-hybridized carbons (Fsp3) is 0.562. The molecule has 0 fully saturated rings. The standard InChI is InChI=1S/C16H25N5O/c1-5-13(6-2)16(22)19-15-9-17-20(11-15)10-14-8-18-21(7-3)12(14)4/h8-9,11,13H,5-7,10H2,1-4H3,(H,19,22). The van der Waals surface area contributed by atoms with Crippen molar-refractivity contribution in [2.75, 3.05) is 5.32 Å². The van der Waals surface area contributed by atoms with E-state index in [1.807, 2.05) is 35.6 Å². The van der Waals surface area contributed by atoms with E-state index in [4.69, 9.17) is 0 Å². The summed E-state index contributed by atoms with van der Waals surface area (Å²) in [4.78, 5) is 12.1. The van der Waals surface area contributed by atoms with Crippen LogP contribution in [0.5, 0.6) is 0 Å². The van der Waals surface area contributed by atoms with E-state index in [1.54, 1.807) is 6.20 Å². The summed E-state index contributed by atoms with van der Waals surface area (Å²) >= 11 is 0. The Morgan fingerprint density at radius 2 is 1.95 bits per heavy atom. The highest BCUT2D eigenvalue weighted by molar-refractivity contribution is 5.92. The van der Waals surface area contributed by atoms with E-state index < -0.39 is 0 Å². The fourth-order valence-electron chi connectivity index (χ4n) is 2.55. The molecule has 0 aliphatic carbocycles. The summed E-state index contributed by atoms with van der Waals surface area (Å²) in [5.41, 5.74) is 3.04. The van der Waals surface area contributed by atoms with E-state index in [0.29, 0.717) is 6.54 Å². The van der Waals surface area contributed by atoms with Gasteiger partial charge in [0, 0.05) is 29.9 Å². The van der Waals surface area contributed by atoms with Crippen molar-refractivity contribution in [3.63, 3.8) is 0 Å². The molecule has 2 heterocycles. The zero-order valence-corrected chi connectivity index (χ0v) is 13.8. The quantitative estimate of drug-likeness (QED) is 0.855. The van der Waals surface area contributed by atoms with Crippen molar-refractivity contribution >= 4 is 11.6 Å². The van der Waals surface area contributed by atoms with Crippen molar-refractivity contribution in [1.82, 2.24) is 19.6 Å². The Morgan fingerprint density at radius 1 is 1.23 bits per heavy atom. The number of nitrogens with one attached hydrogen (secondary N) is 1. The molecular formula is C16H25N5O. The number of nitrogens with zero attached hydrogens (tertiary/aromatic N) is 4. The molecule has 6 heteroatoms. The van der Waals surface area contributed by atoms with Crippen LogP contribution in [-0.4, -0.2) is 25.5 Å². The second-order valence-electron chi connectivity index (χ2n) is 5.50. The van der Waals surface area contributed by atoms with Crippen LogP contribution in [0, 0.1) is 12.8 Å². The minimum Gasteiger partial charge on any atom is -0.323 e. The number of aryl methyl sites for hydroxylation is 1. The van der Waals surface area contributed by atoms with Gasteiger partial charge in [-0.3, -0.25) is 14.2 Å². The lowest BCUT2D eigenvalue weighted by molar-refractivity contribution is -0.120. The molecule has 0 aliphatic rings. The Hall–Kier alpha value is -2.11. The molecule has 0 radical (unpaired) electrons. The van der Waals surface area contributed by atoms with Crippen molar-refractivity contribution in [2.24, 2.45) is 5.92 Å². The molecule has 0 saturated heterocycles. The van der Waals surface area contributed by atoms with Gasteiger partial charge in [0.2, 0.25) is 5.91 Å². The number of carbonyl (C=O) groups excluding carboxylic acids is 1. The van der Waals surface area contributed by atoms with Gasteiger partial charge in [0.05, 0.1) is 24.6 Å². The number of rotatable bonds is 7. The van der Waals surface area contributed by atoms with Crippen LogP contribution in [0.25, 0.3) is 0 Å². The maximum Gasteiger partial charge on any atom is 0.227 e. The maximum atomic E-state index is 12.1. The van der Waals surface area contributed by atoms with E-state index in [0.717, 1.165) is 36.3 Å². The van der Waals surface area contributed by atoms with Crippen molar-refractivity contribution in [3.8, 4) is 0 Å². The lowest BCUT2D eigenvalue weighted by Gasteiger charge is -2.11. The van der Waals surface area contributed by atoms with Gasteiger partial charge >= 0.3 is 0 Å². The van der Waals surface area contributed by atoms with Gasteiger partial charge in [0.25, 0.3) is 0 Å². The number of aromatic nitrogens is 4. The monoisotopic (exact) mass is 303 g/mol. The highest BCUT2D eigenvalue weighted by Crippen LogP contribution is 2.14. The summed E-state index contributed by atoms with van der Waals surface area (Å²) in [6, 6.07) is 0. The second-order valence-corrected chi connectivity index (χ2v) is 5.50. The van der Waals surface area contributed by atoms with Crippen LogP contribution in [0.4, 0.5) is 5.69 Å². The lowest BCUT2D eigenvalue weighted by Crippen LogP contribution is -2.21. The maximum absolute atomic E-state index is 12.1. The smallest absolute Gasteiger partial charge is 0.227 e. The van der Waals surface area contributed by atoms with Crippen molar-refractivity contribution in [3.05, 3.63) is 29.8 Å². The molecular weight excluding hydrogens is 278 g/mol. The summed E-state index contributed by atoms with van der Waals surface area (Å²) in [6.07, 6.45) is 7.14. The number of carbonyl (C=O) groups is 1. The van der Waals surface area contributed by atoms with Gasteiger partial charge in [-0.25, -0.2) is 0 Å². The van der Waals surface area contributed by atoms with Crippen molar-refractivity contribution in [1.29, 1.82) is 0 Å². The van der Waals surface area contributed by atoms with Crippen LogP contribution >= 0.6 is 0 Å². The summed E-state index contributed by atoms with van der Waals surface area (Å²) < 4.78 is 3.79. The van der Waals surface area contributed by atoms with Gasteiger partial charge in [-0.1, -0.05) is 13.8 Å². The van der Waals surface area contributed by atoms with E-state index in [1.165, 1.54) is 0 Å². The topological polar surface area (TPSA) is 64.7 Å². The lowest BCUT2D eigenvalue weighted by atomic mass is 10.0. The van der Waals surface area contributed by atoms with E-state index in [9.17, 15) is 4.79 Å². The van der Waals surface area contributed by atoms with Crippen molar-refractivity contribution in [2.45, 2.75) is 53.6 Å². The van der Waals surface area contributed by atoms with Gasteiger partial charge in [-0.15, -0.1) is 0 Å². The van der Waals surface area contributed by atoms with E-state index in [-0.39, 0.29) is 11.8 Å².